The van der Waals surface area contributed by atoms with Crippen LogP contribution in [0.15, 0.2) is 53.9 Å². The lowest BCUT2D eigenvalue weighted by Gasteiger charge is -2.34. The van der Waals surface area contributed by atoms with E-state index in [0.717, 1.165) is 35.8 Å². The molecular formula is C21H23N5O2S. The van der Waals surface area contributed by atoms with Gasteiger partial charge in [0.1, 0.15) is 5.69 Å². The van der Waals surface area contributed by atoms with Gasteiger partial charge in [-0.2, -0.15) is 5.10 Å². The number of aromatic nitrogens is 2. The van der Waals surface area contributed by atoms with Crippen molar-refractivity contribution in [2.75, 3.05) is 39.3 Å². The topological polar surface area (TPSA) is 81.3 Å². The minimum absolute atomic E-state index is 0.112. The number of nitrogens with zero attached hydrogens (tertiary/aromatic N) is 3. The molecule has 1 aliphatic heterocycles. The average molecular weight is 410 g/mol. The highest BCUT2D eigenvalue weighted by Gasteiger charge is 2.22. The maximum atomic E-state index is 12.4. The Morgan fingerprint density at radius 3 is 2.59 bits per heavy atom. The van der Waals surface area contributed by atoms with Crippen LogP contribution < -0.4 is 5.32 Å². The second-order valence-electron chi connectivity index (χ2n) is 6.90. The second-order valence-corrected chi connectivity index (χ2v) is 7.85. The molecule has 2 amide bonds. The SMILES string of the molecule is O=C(NCCN1CCN(C(=O)c2cccs2)CC1)c1cc(-c2ccccc2)n[nH]1. The number of H-pyrrole nitrogens is 1. The zero-order valence-corrected chi connectivity index (χ0v) is 16.8. The molecule has 0 radical (unpaired) electrons. The van der Waals surface area contributed by atoms with Gasteiger partial charge in [-0.3, -0.25) is 19.6 Å². The summed E-state index contributed by atoms with van der Waals surface area (Å²) in [6.45, 7) is 4.37. The number of benzene rings is 1. The van der Waals surface area contributed by atoms with Crippen molar-refractivity contribution in [3.63, 3.8) is 0 Å². The predicted molar refractivity (Wildman–Crippen MR) is 113 cm³/mol. The largest absolute Gasteiger partial charge is 0.349 e. The Labute approximate surface area is 173 Å². The number of carbonyl (C=O) groups excluding carboxylic acids is 2. The van der Waals surface area contributed by atoms with Crippen LogP contribution in [-0.2, 0) is 0 Å². The monoisotopic (exact) mass is 409 g/mol. The maximum absolute atomic E-state index is 12.4. The first kappa shape index (κ1) is 19.4. The summed E-state index contributed by atoms with van der Waals surface area (Å²) < 4.78 is 0. The van der Waals surface area contributed by atoms with Gasteiger partial charge < -0.3 is 10.2 Å². The summed E-state index contributed by atoms with van der Waals surface area (Å²) in [5.41, 5.74) is 2.18. The number of piperazine rings is 1. The number of rotatable bonds is 6. The Morgan fingerprint density at radius 2 is 1.86 bits per heavy atom. The summed E-state index contributed by atoms with van der Waals surface area (Å²) in [6, 6.07) is 15.3. The molecule has 150 valence electrons. The first-order chi connectivity index (χ1) is 14.2. The third kappa shape index (κ3) is 4.72. The molecule has 7 nitrogen and oxygen atoms in total. The standard InChI is InChI=1S/C21H23N5O2S/c27-20(18-15-17(23-24-18)16-5-2-1-3-6-16)22-8-9-25-10-12-26(13-11-25)21(28)19-7-4-14-29-19/h1-7,14-15H,8-13H2,(H,22,27)(H,23,24). The molecule has 4 rings (SSSR count). The van der Waals surface area contributed by atoms with Crippen molar-refractivity contribution >= 4 is 23.2 Å². The highest BCUT2D eigenvalue weighted by Crippen LogP contribution is 2.17. The lowest BCUT2D eigenvalue weighted by Crippen LogP contribution is -2.50. The van der Waals surface area contributed by atoms with E-state index >= 15 is 0 Å². The zero-order valence-electron chi connectivity index (χ0n) is 16.0. The van der Waals surface area contributed by atoms with Gasteiger partial charge in [-0.25, -0.2) is 0 Å². The van der Waals surface area contributed by atoms with E-state index in [-0.39, 0.29) is 11.8 Å². The van der Waals surface area contributed by atoms with Gasteiger partial charge in [-0.05, 0) is 17.5 Å². The van der Waals surface area contributed by atoms with Crippen LogP contribution in [0.2, 0.25) is 0 Å². The number of carbonyl (C=O) groups is 2. The van der Waals surface area contributed by atoms with Crippen LogP contribution in [0, 0.1) is 0 Å². The van der Waals surface area contributed by atoms with Crippen LogP contribution in [0.1, 0.15) is 20.2 Å². The van der Waals surface area contributed by atoms with E-state index < -0.39 is 0 Å². The first-order valence-corrected chi connectivity index (χ1v) is 10.5. The quantitative estimate of drug-likeness (QED) is 0.655. The Morgan fingerprint density at radius 1 is 1.07 bits per heavy atom. The number of hydrogen-bond acceptors (Lipinski definition) is 5. The molecule has 3 heterocycles. The number of aromatic amines is 1. The van der Waals surface area contributed by atoms with Crippen molar-refractivity contribution < 1.29 is 9.59 Å². The van der Waals surface area contributed by atoms with Crippen molar-refractivity contribution in [2.24, 2.45) is 0 Å². The number of hydrogen-bond donors (Lipinski definition) is 2. The molecule has 0 saturated carbocycles. The third-order valence-corrected chi connectivity index (χ3v) is 5.85. The number of thiophene rings is 1. The van der Waals surface area contributed by atoms with E-state index in [4.69, 9.17) is 0 Å². The van der Waals surface area contributed by atoms with Crippen molar-refractivity contribution in [3.8, 4) is 11.3 Å². The molecule has 8 heteroatoms. The summed E-state index contributed by atoms with van der Waals surface area (Å²) in [7, 11) is 0. The maximum Gasteiger partial charge on any atom is 0.269 e. The van der Waals surface area contributed by atoms with Crippen molar-refractivity contribution in [3.05, 3.63) is 64.5 Å². The molecule has 0 aliphatic carbocycles. The Balaban J connectivity index is 1.21. The van der Waals surface area contributed by atoms with Crippen LogP contribution >= 0.6 is 11.3 Å². The smallest absolute Gasteiger partial charge is 0.269 e. The summed E-state index contributed by atoms with van der Waals surface area (Å²) in [5, 5.41) is 11.9. The normalized spacial score (nSPS) is 14.7. The Kier molecular flexibility index (Phi) is 6.02. The fourth-order valence-electron chi connectivity index (χ4n) is 3.35. The number of nitrogens with one attached hydrogen (secondary N) is 2. The second kappa shape index (κ2) is 9.02. The van der Waals surface area contributed by atoms with E-state index in [2.05, 4.69) is 20.4 Å². The van der Waals surface area contributed by atoms with Gasteiger partial charge in [0, 0.05) is 44.8 Å². The van der Waals surface area contributed by atoms with Gasteiger partial charge >= 0.3 is 0 Å². The molecule has 2 N–H and O–H groups in total. The Hall–Kier alpha value is -2.97. The van der Waals surface area contributed by atoms with Crippen LogP contribution in [-0.4, -0.2) is 71.1 Å². The fraction of sp³-hybridized carbons (Fsp3) is 0.286. The van der Waals surface area contributed by atoms with E-state index in [0.29, 0.717) is 25.3 Å². The molecule has 1 aromatic carbocycles. The molecule has 0 atom stereocenters. The summed E-state index contributed by atoms with van der Waals surface area (Å²) in [4.78, 5) is 29.7. The summed E-state index contributed by atoms with van der Waals surface area (Å²) >= 11 is 1.48. The highest BCUT2D eigenvalue weighted by atomic mass is 32.1. The van der Waals surface area contributed by atoms with E-state index in [9.17, 15) is 9.59 Å². The van der Waals surface area contributed by atoms with Crippen LogP contribution in [0.3, 0.4) is 0 Å². The van der Waals surface area contributed by atoms with Crippen LogP contribution in [0.25, 0.3) is 11.3 Å². The Bertz CT molecular complexity index is 947. The molecule has 0 unspecified atom stereocenters. The lowest BCUT2D eigenvalue weighted by atomic mass is 10.1. The van der Waals surface area contributed by atoms with Crippen LogP contribution in [0.4, 0.5) is 0 Å². The molecule has 1 aliphatic rings. The van der Waals surface area contributed by atoms with Crippen molar-refractivity contribution in [1.29, 1.82) is 0 Å². The third-order valence-electron chi connectivity index (χ3n) is 5.00. The minimum Gasteiger partial charge on any atom is -0.349 e. The number of amides is 2. The molecule has 1 saturated heterocycles. The summed E-state index contributed by atoms with van der Waals surface area (Å²) in [6.07, 6.45) is 0. The van der Waals surface area contributed by atoms with Gasteiger partial charge in [0.25, 0.3) is 11.8 Å². The van der Waals surface area contributed by atoms with Gasteiger partial charge in [-0.15, -0.1) is 11.3 Å². The van der Waals surface area contributed by atoms with Gasteiger partial charge in [0.15, 0.2) is 0 Å². The van der Waals surface area contributed by atoms with Gasteiger partial charge in [0.05, 0.1) is 10.6 Å². The van der Waals surface area contributed by atoms with Gasteiger partial charge in [-0.1, -0.05) is 36.4 Å². The van der Waals surface area contributed by atoms with Gasteiger partial charge in [0.2, 0.25) is 0 Å². The van der Waals surface area contributed by atoms with Crippen molar-refractivity contribution in [1.82, 2.24) is 25.3 Å². The fourth-order valence-corrected chi connectivity index (χ4v) is 4.04. The molecule has 0 spiro atoms. The molecule has 3 aromatic rings. The lowest BCUT2D eigenvalue weighted by molar-refractivity contribution is 0.0642. The van der Waals surface area contributed by atoms with E-state index in [1.165, 1.54) is 11.3 Å². The van der Waals surface area contributed by atoms with Crippen LogP contribution in [0.5, 0.6) is 0 Å². The zero-order chi connectivity index (χ0) is 20.1. The molecular weight excluding hydrogens is 386 g/mol. The first-order valence-electron chi connectivity index (χ1n) is 9.65. The average Bonchev–Trinajstić information content (AvgIpc) is 3.47. The highest BCUT2D eigenvalue weighted by molar-refractivity contribution is 7.12. The molecule has 0 bridgehead atoms. The van der Waals surface area contributed by atoms with E-state index in [1.54, 1.807) is 6.07 Å². The van der Waals surface area contributed by atoms with Crippen molar-refractivity contribution in [2.45, 2.75) is 0 Å². The molecule has 29 heavy (non-hydrogen) atoms. The molecule has 1 fully saturated rings. The molecule has 2 aromatic heterocycles. The predicted octanol–water partition coefficient (Wildman–Crippen LogP) is 2.33. The minimum atomic E-state index is -0.161. The van der Waals surface area contributed by atoms with E-state index in [1.807, 2.05) is 52.7 Å². The summed E-state index contributed by atoms with van der Waals surface area (Å²) in [5.74, 6) is -0.0485.